The second-order valence-electron chi connectivity index (χ2n) is 4.47. The van der Waals surface area contributed by atoms with Crippen molar-refractivity contribution < 1.29 is 9.53 Å². The Kier molecular flexibility index (Phi) is 4.74. The molecule has 5 heteroatoms. The van der Waals surface area contributed by atoms with Crippen LogP contribution in [0.2, 0.25) is 0 Å². The molecule has 106 valence electrons. The summed E-state index contributed by atoms with van der Waals surface area (Å²) in [7, 11) is 0. The Morgan fingerprint density at radius 3 is 2.95 bits per heavy atom. The van der Waals surface area contributed by atoms with Gasteiger partial charge in [0.1, 0.15) is 0 Å². The number of nitrogens with one attached hydrogen (secondary N) is 1. The highest BCUT2D eigenvalue weighted by molar-refractivity contribution is 7.09. The molecule has 1 N–H and O–H groups in total. The average Bonchev–Trinajstić information content (AvgIpc) is 2.85. The van der Waals surface area contributed by atoms with Gasteiger partial charge in [-0.05, 0) is 39.0 Å². The molecule has 0 fully saturated rings. The number of nitrogens with zero attached hydrogens (tertiary/aromatic N) is 1. The highest BCUT2D eigenvalue weighted by Crippen LogP contribution is 2.25. The summed E-state index contributed by atoms with van der Waals surface area (Å²) in [6.45, 7) is 6.26. The first kappa shape index (κ1) is 14.5. The third-order valence-corrected chi connectivity index (χ3v) is 4.05. The molecule has 2 rings (SSSR count). The quantitative estimate of drug-likeness (QED) is 0.851. The topological polar surface area (TPSA) is 51.2 Å². The zero-order valence-corrected chi connectivity index (χ0v) is 12.7. The molecule has 0 bridgehead atoms. The highest BCUT2D eigenvalue weighted by atomic mass is 32.1. The first-order chi connectivity index (χ1) is 9.61. The van der Waals surface area contributed by atoms with E-state index < -0.39 is 0 Å². The fourth-order valence-corrected chi connectivity index (χ4v) is 2.80. The Bertz CT molecular complexity index is 595. The minimum absolute atomic E-state index is 0.153. The molecule has 0 aliphatic carbocycles. The summed E-state index contributed by atoms with van der Waals surface area (Å²) in [6, 6.07) is 7.51. The number of hydrogen-bond donors (Lipinski definition) is 1. The number of ether oxygens (including phenoxy) is 1. The van der Waals surface area contributed by atoms with Crippen LogP contribution in [0, 0.1) is 6.92 Å². The number of thiazole rings is 1. The first-order valence-corrected chi connectivity index (χ1v) is 7.43. The lowest BCUT2D eigenvalue weighted by Gasteiger charge is -2.15. The lowest BCUT2D eigenvalue weighted by Crippen LogP contribution is -2.08. The minimum Gasteiger partial charge on any atom is -0.462 e. The van der Waals surface area contributed by atoms with Crippen LogP contribution in [-0.2, 0) is 4.74 Å². The maximum Gasteiger partial charge on any atom is 0.338 e. The Morgan fingerprint density at radius 1 is 1.50 bits per heavy atom. The largest absolute Gasteiger partial charge is 0.462 e. The van der Waals surface area contributed by atoms with E-state index >= 15 is 0 Å². The fourth-order valence-electron chi connectivity index (χ4n) is 1.99. The van der Waals surface area contributed by atoms with Crippen LogP contribution in [0.5, 0.6) is 0 Å². The zero-order chi connectivity index (χ0) is 14.5. The van der Waals surface area contributed by atoms with Crippen LogP contribution in [0.4, 0.5) is 5.69 Å². The number of rotatable bonds is 5. The van der Waals surface area contributed by atoms with Crippen LogP contribution < -0.4 is 5.32 Å². The molecule has 0 saturated heterocycles. The molecule has 1 aromatic heterocycles. The molecule has 1 heterocycles. The standard InChI is InChI=1S/C15H18N2O2S/c1-4-19-15(18)12-6-5-7-13(8-12)17-11(3)14-10(2)16-9-20-14/h5-9,11,17H,4H2,1-3H3. The lowest BCUT2D eigenvalue weighted by molar-refractivity contribution is 0.0526. The van der Waals surface area contributed by atoms with Gasteiger partial charge in [-0.3, -0.25) is 0 Å². The van der Waals surface area contributed by atoms with E-state index in [-0.39, 0.29) is 12.0 Å². The van der Waals surface area contributed by atoms with Crippen LogP contribution in [0.3, 0.4) is 0 Å². The number of aryl methyl sites for hydroxylation is 1. The molecule has 0 amide bonds. The summed E-state index contributed by atoms with van der Waals surface area (Å²) in [5, 5.41) is 3.39. The Balaban J connectivity index is 2.12. The van der Waals surface area contributed by atoms with Gasteiger partial charge < -0.3 is 10.1 Å². The van der Waals surface area contributed by atoms with E-state index in [2.05, 4.69) is 17.2 Å². The van der Waals surface area contributed by atoms with E-state index in [1.807, 2.05) is 30.6 Å². The smallest absolute Gasteiger partial charge is 0.338 e. The van der Waals surface area contributed by atoms with Crippen molar-refractivity contribution in [3.8, 4) is 0 Å². The van der Waals surface area contributed by atoms with Crippen molar-refractivity contribution in [2.45, 2.75) is 26.8 Å². The highest BCUT2D eigenvalue weighted by Gasteiger charge is 2.12. The Morgan fingerprint density at radius 2 is 2.30 bits per heavy atom. The zero-order valence-electron chi connectivity index (χ0n) is 11.8. The van der Waals surface area contributed by atoms with E-state index in [0.29, 0.717) is 12.2 Å². The molecule has 1 atom stereocenters. The van der Waals surface area contributed by atoms with Gasteiger partial charge in [0, 0.05) is 10.6 Å². The summed E-state index contributed by atoms with van der Waals surface area (Å²) in [4.78, 5) is 17.2. The number of esters is 1. The SMILES string of the molecule is CCOC(=O)c1cccc(NC(C)c2scnc2C)c1. The van der Waals surface area contributed by atoms with Crippen LogP contribution in [0.1, 0.15) is 40.8 Å². The molecule has 0 aliphatic heterocycles. The molecule has 0 aliphatic rings. The van der Waals surface area contributed by atoms with Crippen LogP contribution in [0.25, 0.3) is 0 Å². The summed E-state index contributed by atoms with van der Waals surface area (Å²) in [5.74, 6) is -0.294. The van der Waals surface area contributed by atoms with Gasteiger partial charge in [0.05, 0.1) is 29.4 Å². The minimum atomic E-state index is -0.294. The second kappa shape index (κ2) is 6.52. The maximum absolute atomic E-state index is 11.7. The van der Waals surface area contributed by atoms with Crippen LogP contribution in [0.15, 0.2) is 29.8 Å². The third kappa shape index (κ3) is 3.36. The van der Waals surface area contributed by atoms with Crippen molar-refractivity contribution in [1.82, 2.24) is 4.98 Å². The van der Waals surface area contributed by atoms with Crippen LogP contribution in [-0.4, -0.2) is 17.6 Å². The van der Waals surface area contributed by atoms with E-state index in [9.17, 15) is 4.79 Å². The fraction of sp³-hybridized carbons (Fsp3) is 0.333. The number of hydrogen-bond acceptors (Lipinski definition) is 5. The van der Waals surface area contributed by atoms with Crippen molar-refractivity contribution in [2.75, 3.05) is 11.9 Å². The molecule has 2 aromatic rings. The van der Waals surface area contributed by atoms with E-state index in [4.69, 9.17) is 4.74 Å². The number of benzene rings is 1. The van der Waals surface area contributed by atoms with E-state index in [1.165, 1.54) is 4.88 Å². The maximum atomic E-state index is 11.7. The number of anilines is 1. The monoisotopic (exact) mass is 290 g/mol. The molecule has 0 spiro atoms. The van der Waals surface area contributed by atoms with Crippen molar-refractivity contribution in [3.05, 3.63) is 45.9 Å². The molecular weight excluding hydrogens is 272 g/mol. The average molecular weight is 290 g/mol. The van der Waals surface area contributed by atoms with Crippen molar-refractivity contribution >= 4 is 23.0 Å². The second-order valence-corrected chi connectivity index (χ2v) is 5.36. The summed E-state index contributed by atoms with van der Waals surface area (Å²) in [6.07, 6.45) is 0. The summed E-state index contributed by atoms with van der Waals surface area (Å²) < 4.78 is 5.00. The van der Waals surface area contributed by atoms with Gasteiger partial charge >= 0.3 is 5.97 Å². The molecular formula is C15H18N2O2S. The normalized spacial score (nSPS) is 11.9. The predicted molar refractivity (Wildman–Crippen MR) is 81.3 cm³/mol. The lowest BCUT2D eigenvalue weighted by atomic mass is 10.1. The number of carbonyl (C=O) groups is 1. The molecule has 1 unspecified atom stereocenters. The van der Waals surface area contributed by atoms with Crippen molar-refractivity contribution in [3.63, 3.8) is 0 Å². The number of aromatic nitrogens is 1. The molecule has 20 heavy (non-hydrogen) atoms. The van der Waals surface area contributed by atoms with Crippen molar-refractivity contribution in [2.24, 2.45) is 0 Å². The molecule has 1 aromatic carbocycles. The molecule has 0 radical (unpaired) electrons. The van der Waals surface area contributed by atoms with Gasteiger partial charge in [-0.1, -0.05) is 6.07 Å². The van der Waals surface area contributed by atoms with Crippen molar-refractivity contribution in [1.29, 1.82) is 0 Å². The van der Waals surface area contributed by atoms with Gasteiger partial charge in [0.25, 0.3) is 0 Å². The number of carbonyl (C=O) groups excluding carboxylic acids is 1. The van der Waals surface area contributed by atoms with Gasteiger partial charge in [0.2, 0.25) is 0 Å². The van der Waals surface area contributed by atoms with Gasteiger partial charge in [0.15, 0.2) is 0 Å². The van der Waals surface area contributed by atoms with E-state index in [1.54, 1.807) is 24.3 Å². The van der Waals surface area contributed by atoms with Crippen LogP contribution >= 0.6 is 11.3 Å². The Labute approximate surface area is 122 Å². The molecule has 0 saturated carbocycles. The first-order valence-electron chi connectivity index (χ1n) is 6.55. The van der Waals surface area contributed by atoms with Gasteiger partial charge in [-0.15, -0.1) is 11.3 Å². The third-order valence-electron chi connectivity index (χ3n) is 2.93. The summed E-state index contributed by atoms with van der Waals surface area (Å²) in [5.41, 5.74) is 4.34. The summed E-state index contributed by atoms with van der Waals surface area (Å²) >= 11 is 1.63. The Hall–Kier alpha value is -1.88. The van der Waals surface area contributed by atoms with E-state index in [0.717, 1.165) is 11.4 Å². The van der Waals surface area contributed by atoms with Gasteiger partial charge in [-0.2, -0.15) is 0 Å². The predicted octanol–water partition coefficient (Wildman–Crippen LogP) is 3.80. The molecule has 4 nitrogen and oxygen atoms in total. The van der Waals surface area contributed by atoms with Gasteiger partial charge in [-0.25, -0.2) is 9.78 Å².